The van der Waals surface area contributed by atoms with E-state index in [0.29, 0.717) is 31.9 Å². The number of benzene rings is 2. The number of halogens is 2. The number of nitrogens with zero attached hydrogens (tertiary/aromatic N) is 3. The summed E-state index contributed by atoms with van der Waals surface area (Å²) in [5.74, 6) is -0.650. The van der Waals surface area contributed by atoms with Crippen molar-refractivity contribution in [1.82, 2.24) is 9.80 Å². The molecule has 1 heterocycles. The van der Waals surface area contributed by atoms with E-state index in [2.05, 4.69) is 5.32 Å². The lowest BCUT2D eigenvalue weighted by Crippen LogP contribution is -2.51. The minimum absolute atomic E-state index is 0.0546. The second-order valence-electron chi connectivity index (χ2n) is 6.87. The van der Waals surface area contributed by atoms with Crippen LogP contribution in [-0.4, -0.2) is 65.9 Å². The van der Waals surface area contributed by atoms with Crippen LogP contribution in [0.1, 0.15) is 0 Å². The number of nitro benzene ring substituents is 1. The second-order valence-corrected chi connectivity index (χ2v) is 7.28. The van der Waals surface area contributed by atoms with Crippen molar-refractivity contribution in [2.45, 2.75) is 0 Å². The van der Waals surface area contributed by atoms with E-state index < -0.39 is 4.92 Å². The highest BCUT2D eigenvalue weighted by Gasteiger charge is 2.23. The predicted molar refractivity (Wildman–Crippen MR) is 112 cm³/mol. The molecule has 2 aromatic rings. The lowest BCUT2D eigenvalue weighted by Gasteiger charge is -2.34. The largest absolute Gasteiger partial charge is 0.482 e. The summed E-state index contributed by atoms with van der Waals surface area (Å²) in [6.07, 6.45) is 0. The maximum absolute atomic E-state index is 12.9. The summed E-state index contributed by atoms with van der Waals surface area (Å²) in [6.45, 7) is 1.80. The van der Waals surface area contributed by atoms with Gasteiger partial charge in [0.25, 0.3) is 11.6 Å². The van der Waals surface area contributed by atoms with Crippen LogP contribution >= 0.6 is 11.6 Å². The van der Waals surface area contributed by atoms with E-state index in [9.17, 15) is 24.1 Å². The number of rotatable bonds is 7. The molecule has 0 aromatic heterocycles. The van der Waals surface area contributed by atoms with Gasteiger partial charge in [0.15, 0.2) is 6.61 Å². The Balaban J connectivity index is 1.41. The van der Waals surface area contributed by atoms with Gasteiger partial charge in [-0.3, -0.25) is 24.6 Å². The number of hydrogen-bond acceptors (Lipinski definition) is 6. The number of nitrogens with one attached hydrogen (secondary N) is 1. The first-order valence-corrected chi connectivity index (χ1v) is 9.82. The number of anilines is 1. The SMILES string of the molecule is O=C(CN1CCN(C(=O)COc2ccc([N+](=O)[O-])cc2Cl)CC1)Nc1ccc(F)cc1. The van der Waals surface area contributed by atoms with E-state index in [1.165, 1.54) is 36.4 Å². The van der Waals surface area contributed by atoms with Gasteiger partial charge in [-0.2, -0.15) is 0 Å². The molecule has 1 aliphatic rings. The summed E-state index contributed by atoms with van der Waals surface area (Å²) in [4.78, 5) is 38.2. The van der Waals surface area contributed by atoms with Crippen LogP contribution in [0.15, 0.2) is 42.5 Å². The van der Waals surface area contributed by atoms with Gasteiger partial charge in [0.2, 0.25) is 5.91 Å². The van der Waals surface area contributed by atoms with Crippen molar-refractivity contribution in [2.24, 2.45) is 0 Å². The number of nitro groups is 1. The molecule has 1 saturated heterocycles. The van der Waals surface area contributed by atoms with Gasteiger partial charge in [-0.1, -0.05) is 11.6 Å². The standard InChI is InChI=1S/C20H20ClFN4O5/c21-17-11-16(26(29)30)5-6-18(17)31-13-20(28)25-9-7-24(8-10-25)12-19(27)23-15-3-1-14(22)2-4-15/h1-6,11H,7-10,12-13H2,(H,23,27). The topological polar surface area (TPSA) is 105 Å². The van der Waals surface area contributed by atoms with E-state index in [4.69, 9.17) is 16.3 Å². The Kier molecular flexibility index (Phi) is 7.37. The number of hydrogen-bond donors (Lipinski definition) is 1. The molecule has 3 rings (SSSR count). The Morgan fingerprint density at radius 1 is 1.13 bits per heavy atom. The van der Waals surface area contributed by atoms with Crippen molar-refractivity contribution in [3.8, 4) is 5.75 Å². The van der Waals surface area contributed by atoms with Gasteiger partial charge in [0.1, 0.15) is 11.6 Å². The molecule has 11 heteroatoms. The van der Waals surface area contributed by atoms with Gasteiger partial charge >= 0.3 is 0 Å². The summed E-state index contributed by atoms with van der Waals surface area (Å²) >= 11 is 5.96. The molecule has 0 unspecified atom stereocenters. The highest BCUT2D eigenvalue weighted by Crippen LogP contribution is 2.28. The zero-order chi connectivity index (χ0) is 22.4. The third kappa shape index (κ3) is 6.37. The Bertz CT molecular complexity index is 965. The average Bonchev–Trinajstić information content (AvgIpc) is 2.74. The molecule has 0 bridgehead atoms. The van der Waals surface area contributed by atoms with Crippen molar-refractivity contribution < 1.29 is 23.6 Å². The molecule has 164 valence electrons. The maximum Gasteiger partial charge on any atom is 0.271 e. The molecule has 9 nitrogen and oxygen atoms in total. The molecule has 1 fully saturated rings. The fourth-order valence-corrected chi connectivity index (χ4v) is 3.27. The Morgan fingerprint density at radius 3 is 2.42 bits per heavy atom. The van der Waals surface area contributed by atoms with Gasteiger partial charge in [0, 0.05) is 44.0 Å². The molecule has 0 atom stereocenters. The van der Waals surface area contributed by atoms with Crippen LogP contribution in [0.3, 0.4) is 0 Å². The highest BCUT2D eigenvalue weighted by atomic mass is 35.5. The summed E-state index contributed by atoms with van der Waals surface area (Å²) in [5, 5.41) is 13.5. The average molecular weight is 451 g/mol. The quantitative estimate of drug-likeness (QED) is 0.513. The second kappa shape index (κ2) is 10.2. The van der Waals surface area contributed by atoms with Gasteiger partial charge in [0.05, 0.1) is 16.5 Å². The van der Waals surface area contributed by atoms with Gasteiger partial charge in [-0.25, -0.2) is 4.39 Å². The zero-order valence-corrected chi connectivity index (χ0v) is 17.2. The first-order valence-electron chi connectivity index (χ1n) is 9.44. The summed E-state index contributed by atoms with van der Waals surface area (Å²) in [5.41, 5.74) is 0.352. The molecule has 0 aliphatic carbocycles. The number of non-ortho nitro benzene ring substituents is 1. The maximum atomic E-state index is 12.9. The van der Waals surface area contributed by atoms with E-state index >= 15 is 0 Å². The molecule has 0 saturated carbocycles. The van der Waals surface area contributed by atoms with Crippen molar-refractivity contribution in [1.29, 1.82) is 0 Å². The first kappa shape index (κ1) is 22.4. The minimum Gasteiger partial charge on any atom is -0.482 e. The highest BCUT2D eigenvalue weighted by molar-refractivity contribution is 6.32. The number of ether oxygens (including phenoxy) is 1. The summed E-state index contributed by atoms with van der Waals surface area (Å²) < 4.78 is 18.3. The summed E-state index contributed by atoms with van der Waals surface area (Å²) in [6, 6.07) is 9.28. The molecular weight excluding hydrogens is 431 g/mol. The van der Waals surface area contributed by atoms with Crippen LogP contribution in [0, 0.1) is 15.9 Å². The van der Waals surface area contributed by atoms with Crippen molar-refractivity contribution >= 4 is 34.8 Å². The van der Waals surface area contributed by atoms with Crippen LogP contribution < -0.4 is 10.1 Å². The predicted octanol–water partition coefficient (Wildman–Crippen LogP) is 2.55. The molecular formula is C20H20ClFN4O5. The number of carbonyl (C=O) groups excluding carboxylic acids is 2. The lowest BCUT2D eigenvalue weighted by atomic mass is 10.3. The number of carbonyl (C=O) groups is 2. The summed E-state index contributed by atoms with van der Waals surface area (Å²) in [7, 11) is 0. The van der Waals surface area contributed by atoms with Crippen LogP contribution in [-0.2, 0) is 9.59 Å². The van der Waals surface area contributed by atoms with Crippen LogP contribution in [0.4, 0.5) is 15.8 Å². The van der Waals surface area contributed by atoms with Crippen LogP contribution in [0.2, 0.25) is 5.02 Å². The Morgan fingerprint density at radius 2 is 1.81 bits per heavy atom. The molecule has 0 spiro atoms. The van der Waals surface area contributed by atoms with E-state index in [1.807, 2.05) is 4.90 Å². The monoisotopic (exact) mass is 450 g/mol. The van der Waals surface area contributed by atoms with E-state index in [-0.39, 0.29) is 47.2 Å². The Hall–Kier alpha value is -3.24. The number of amides is 2. The molecule has 31 heavy (non-hydrogen) atoms. The van der Waals surface area contributed by atoms with E-state index in [0.717, 1.165) is 6.07 Å². The lowest BCUT2D eigenvalue weighted by molar-refractivity contribution is -0.384. The normalized spacial score (nSPS) is 14.2. The molecule has 2 amide bonds. The fourth-order valence-electron chi connectivity index (χ4n) is 3.04. The first-order chi connectivity index (χ1) is 14.8. The molecule has 1 aliphatic heterocycles. The molecule has 2 aromatic carbocycles. The van der Waals surface area contributed by atoms with Crippen LogP contribution in [0.25, 0.3) is 0 Å². The van der Waals surface area contributed by atoms with Crippen molar-refractivity contribution in [3.63, 3.8) is 0 Å². The molecule has 0 radical (unpaired) electrons. The van der Waals surface area contributed by atoms with Gasteiger partial charge < -0.3 is 15.0 Å². The molecule has 1 N–H and O–H groups in total. The van der Waals surface area contributed by atoms with Gasteiger partial charge in [-0.15, -0.1) is 0 Å². The third-order valence-corrected chi connectivity index (χ3v) is 4.99. The fraction of sp³-hybridized carbons (Fsp3) is 0.300. The van der Waals surface area contributed by atoms with E-state index in [1.54, 1.807) is 4.90 Å². The Labute approximate surface area is 182 Å². The van der Waals surface area contributed by atoms with Crippen LogP contribution in [0.5, 0.6) is 5.75 Å². The zero-order valence-electron chi connectivity index (χ0n) is 16.4. The smallest absolute Gasteiger partial charge is 0.271 e. The van der Waals surface area contributed by atoms with Crippen molar-refractivity contribution in [2.75, 3.05) is 44.6 Å². The minimum atomic E-state index is -0.569. The van der Waals surface area contributed by atoms with Gasteiger partial charge in [-0.05, 0) is 30.3 Å². The van der Waals surface area contributed by atoms with Crippen molar-refractivity contribution in [3.05, 3.63) is 63.4 Å². The third-order valence-electron chi connectivity index (χ3n) is 4.70. The number of piperazine rings is 1.